The van der Waals surface area contributed by atoms with Crippen molar-refractivity contribution in [1.82, 2.24) is 10.2 Å². The molecule has 0 aliphatic carbocycles. The fourth-order valence-electron chi connectivity index (χ4n) is 2.23. The third-order valence-electron chi connectivity index (χ3n) is 3.45. The van der Waals surface area contributed by atoms with Crippen molar-refractivity contribution in [3.8, 4) is 0 Å². The number of benzene rings is 1. The first-order valence-corrected chi connectivity index (χ1v) is 7.58. The van der Waals surface area contributed by atoms with E-state index in [9.17, 15) is 4.79 Å². The number of carbonyl (C=O) groups excluding carboxylic acids is 1. The van der Waals surface area contributed by atoms with Crippen molar-refractivity contribution in [2.45, 2.75) is 17.9 Å². The minimum Gasteiger partial charge on any atom is -0.314 e. The molecule has 3 nitrogen and oxygen atoms in total. The maximum Gasteiger partial charge on any atom is 0.179 e. The van der Waals surface area contributed by atoms with Crippen molar-refractivity contribution >= 4 is 17.5 Å². The molecule has 0 bridgehead atoms. The monoisotopic (exact) mass is 264 g/mol. The molecule has 2 rings (SSSR count). The highest BCUT2D eigenvalue weighted by atomic mass is 32.2. The Labute approximate surface area is 113 Å². The van der Waals surface area contributed by atoms with Crippen LogP contribution >= 0.6 is 11.8 Å². The molecule has 0 saturated carbocycles. The molecule has 1 aromatic carbocycles. The van der Waals surface area contributed by atoms with Crippen molar-refractivity contribution in [2.75, 3.05) is 32.4 Å². The van der Waals surface area contributed by atoms with E-state index in [0.29, 0.717) is 0 Å². The van der Waals surface area contributed by atoms with E-state index in [2.05, 4.69) is 10.2 Å². The van der Waals surface area contributed by atoms with Gasteiger partial charge in [-0.05, 0) is 25.3 Å². The van der Waals surface area contributed by atoms with E-state index in [4.69, 9.17) is 0 Å². The van der Waals surface area contributed by atoms with Crippen molar-refractivity contribution in [3.63, 3.8) is 0 Å². The van der Waals surface area contributed by atoms with Gasteiger partial charge < -0.3 is 5.32 Å². The molecule has 18 heavy (non-hydrogen) atoms. The third kappa shape index (κ3) is 3.13. The van der Waals surface area contributed by atoms with Crippen LogP contribution in [0.2, 0.25) is 0 Å². The van der Waals surface area contributed by atoms with Gasteiger partial charge in [0, 0.05) is 36.6 Å². The topological polar surface area (TPSA) is 32.3 Å². The van der Waals surface area contributed by atoms with E-state index in [1.54, 1.807) is 11.8 Å². The van der Waals surface area contributed by atoms with Crippen LogP contribution in [0.4, 0.5) is 0 Å². The van der Waals surface area contributed by atoms with Gasteiger partial charge in [0.1, 0.15) is 0 Å². The summed E-state index contributed by atoms with van der Waals surface area (Å²) in [6.07, 6.45) is 2.04. The first kappa shape index (κ1) is 13.6. The zero-order valence-corrected chi connectivity index (χ0v) is 11.8. The van der Waals surface area contributed by atoms with Gasteiger partial charge in [0.2, 0.25) is 0 Å². The molecule has 1 N–H and O–H groups in total. The van der Waals surface area contributed by atoms with E-state index in [1.165, 1.54) is 4.90 Å². The molecule has 1 saturated heterocycles. The van der Waals surface area contributed by atoms with Gasteiger partial charge in [0.05, 0.1) is 6.04 Å². The summed E-state index contributed by atoms with van der Waals surface area (Å²) in [4.78, 5) is 15.8. The Morgan fingerprint density at radius 1 is 1.28 bits per heavy atom. The lowest BCUT2D eigenvalue weighted by atomic mass is 10.0. The van der Waals surface area contributed by atoms with E-state index in [0.717, 1.165) is 31.7 Å². The number of hydrogen-bond donors (Lipinski definition) is 1. The van der Waals surface area contributed by atoms with Gasteiger partial charge in [-0.15, -0.1) is 11.8 Å². The lowest BCUT2D eigenvalue weighted by Crippen LogP contribution is -2.50. The number of nitrogens with zero attached hydrogens (tertiary/aromatic N) is 1. The van der Waals surface area contributed by atoms with Crippen LogP contribution in [0.5, 0.6) is 0 Å². The average Bonchev–Trinajstić information content (AvgIpc) is 2.47. The summed E-state index contributed by atoms with van der Waals surface area (Å²) in [6.45, 7) is 5.87. The van der Waals surface area contributed by atoms with Gasteiger partial charge in [0.25, 0.3) is 0 Å². The lowest BCUT2D eigenvalue weighted by Gasteiger charge is -2.31. The Bertz CT molecular complexity index is 399. The first-order valence-electron chi connectivity index (χ1n) is 6.35. The maximum absolute atomic E-state index is 12.4. The summed E-state index contributed by atoms with van der Waals surface area (Å²) in [6, 6.07) is 7.89. The Kier molecular flexibility index (Phi) is 4.80. The number of rotatable bonds is 4. The summed E-state index contributed by atoms with van der Waals surface area (Å²) >= 11 is 1.70. The Morgan fingerprint density at radius 3 is 2.44 bits per heavy atom. The molecule has 1 fully saturated rings. The standard InChI is InChI=1S/C14H20N2OS/c1-11(16-9-7-15-8-10-16)14(17)12-3-5-13(18-2)6-4-12/h3-6,11,15H,7-10H2,1-2H3. The Morgan fingerprint density at radius 2 is 1.89 bits per heavy atom. The molecule has 98 valence electrons. The van der Waals surface area contributed by atoms with Gasteiger partial charge >= 0.3 is 0 Å². The fraction of sp³-hybridized carbons (Fsp3) is 0.500. The maximum atomic E-state index is 12.4. The molecule has 1 atom stereocenters. The highest BCUT2D eigenvalue weighted by Crippen LogP contribution is 2.17. The molecule has 1 aliphatic rings. The number of ketones is 1. The van der Waals surface area contributed by atoms with E-state index >= 15 is 0 Å². The van der Waals surface area contributed by atoms with Crippen LogP contribution in [-0.2, 0) is 0 Å². The lowest BCUT2D eigenvalue weighted by molar-refractivity contribution is 0.0820. The van der Waals surface area contributed by atoms with Crippen LogP contribution in [0.15, 0.2) is 29.2 Å². The minimum absolute atomic E-state index is 0.0211. The highest BCUT2D eigenvalue weighted by molar-refractivity contribution is 7.98. The van der Waals surface area contributed by atoms with E-state index in [1.807, 2.05) is 37.4 Å². The number of carbonyl (C=O) groups is 1. The molecular weight excluding hydrogens is 244 g/mol. The number of thioether (sulfide) groups is 1. The number of nitrogens with one attached hydrogen (secondary N) is 1. The first-order chi connectivity index (χ1) is 8.72. The molecule has 1 aliphatic heterocycles. The molecule has 1 aromatic rings. The van der Waals surface area contributed by atoms with Crippen LogP contribution in [-0.4, -0.2) is 49.2 Å². The fourth-order valence-corrected chi connectivity index (χ4v) is 2.64. The molecule has 0 spiro atoms. The highest BCUT2D eigenvalue weighted by Gasteiger charge is 2.23. The second-order valence-corrected chi connectivity index (χ2v) is 5.43. The number of hydrogen-bond acceptors (Lipinski definition) is 4. The van der Waals surface area contributed by atoms with Crippen LogP contribution < -0.4 is 5.32 Å². The van der Waals surface area contributed by atoms with Crippen molar-refractivity contribution in [1.29, 1.82) is 0 Å². The molecule has 4 heteroatoms. The normalized spacial score (nSPS) is 18.6. The summed E-state index contributed by atoms with van der Waals surface area (Å²) in [7, 11) is 0. The summed E-state index contributed by atoms with van der Waals surface area (Å²) in [5.41, 5.74) is 0.818. The molecule has 0 aromatic heterocycles. The molecule has 1 unspecified atom stereocenters. The smallest absolute Gasteiger partial charge is 0.179 e. The molecule has 0 radical (unpaired) electrons. The Balaban J connectivity index is 2.04. The van der Waals surface area contributed by atoms with Crippen LogP contribution in [0.3, 0.4) is 0 Å². The van der Waals surface area contributed by atoms with Crippen molar-refractivity contribution < 1.29 is 4.79 Å². The number of Topliss-reactive ketones (excluding diaryl/α,β-unsaturated/α-hetero) is 1. The third-order valence-corrected chi connectivity index (χ3v) is 4.20. The van der Waals surface area contributed by atoms with E-state index in [-0.39, 0.29) is 11.8 Å². The SMILES string of the molecule is CSc1ccc(C(=O)C(C)N2CCNCC2)cc1. The minimum atomic E-state index is -0.0211. The second kappa shape index (κ2) is 6.36. The average molecular weight is 264 g/mol. The second-order valence-electron chi connectivity index (χ2n) is 4.55. The zero-order chi connectivity index (χ0) is 13.0. The summed E-state index contributed by atoms with van der Waals surface area (Å²) in [5.74, 6) is 0.226. The van der Waals surface area contributed by atoms with Crippen molar-refractivity contribution in [2.24, 2.45) is 0 Å². The van der Waals surface area contributed by atoms with E-state index < -0.39 is 0 Å². The molecule has 1 heterocycles. The van der Waals surface area contributed by atoms with Crippen molar-refractivity contribution in [3.05, 3.63) is 29.8 Å². The van der Waals surface area contributed by atoms with Gasteiger partial charge in [0.15, 0.2) is 5.78 Å². The predicted octanol–water partition coefficient (Wildman–Crippen LogP) is 1.88. The van der Waals surface area contributed by atoms with Gasteiger partial charge in [-0.1, -0.05) is 12.1 Å². The quantitative estimate of drug-likeness (QED) is 0.665. The summed E-state index contributed by atoms with van der Waals surface area (Å²) in [5, 5.41) is 3.31. The number of piperazine rings is 1. The Hall–Kier alpha value is -0.840. The molecular formula is C14H20N2OS. The largest absolute Gasteiger partial charge is 0.314 e. The summed E-state index contributed by atoms with van der Waals surface area (Å²) < 4.78 is 0. The zero-order valence-electron chi connectivity index (χ0n) is 11.0. The van der Waals surface area contributed by atoms with Crippen LogP contribution in [0.25, 0.3) is 0 Å². The molecule has 0 amide bonds. The van der Waals surface area contributed by atoms with Crippen LogP contribution in [0, 0.1) is 0 Å². The van der Waals surface area contributed by atoms with Gasteiger partial charge in [-0.25, -0.2) is 0 Å². The van der Waals surface area contributed by atoms with Gasteiger partial charge in [-0.3, -0.25) is 9.69 Å². The van der Waals surface area contributed by atoms with Crippen LogP contribution in [0.1, 0.15) is 17.3 Å². The van der Waals surface area contributed by atoms with Gasteiger partial charge in [-0.2, -0.15) is 0 Å². The predicted molar refractivity (Wildman–Crippen MR) is 76.5 cm³/mol.